The largest absolute Gasteiger partial charge is 0.480 e. The van der Waals surface area contributed by atoms with Crippen molar-refractivity contribution in [3.8, 4) is 5.88 Å². The summed E-state index contributed by atoms with van der Waals surface area (Å²) in [5.74, 6) is 0.0419. The number of fused-ring (bicyclic) bond motifs is 1. The normalized spacial score (nSPS) is 21.3. The monoisotopic (exact) mass is 367 g/mol. The number of pyridine rings is 1. The Labute approximate surface area is 156 Å². The van der Waals surface area contributed by atoms with Crippen LogP contribution in [0.3, 0.4) is 0 Å². The van der Waals surface area contributed by atoms with Gasteiger partial charge in [0.1, 0.15) is 5.69 Å². The number of hydrogen-bond acceptors (Lipinski definition) is 5. The maximum absolute atomic E-state index is 13.3. The number of amides is 2. The van der Waals surface area contributed by atoms with E-state index in [-0.39, 0.29) is 5.91 Å². The number of carbonyl (C=O) groups excluding carboxylic acids is 2. The van der Waals surface area contributed by atoms with Crippen molar-refractivity contribution >= 4 is 17.5 Å². The molecule has 0 saturated carbocycles. The van der Waals surface area contributed by atoms with Gasteiger partial charge >= 0.3 is 0 Å². The van der Waals surface area contributed by atoms with E-state index < -0.39 is 11.3 Å². The summed E-state index contributed by atoms with van der Waals surface area (Å²) in [6.07, 6.45) is 4.55. The Kier molecular flexibility index (Phi) is 4.31. The summed E-state index contributed by atoms with van der Waals surface area (Å²) in [6.45, 7) is 0.640. The van der Waals surface area contributed by atoms with Crippen LogP contribution < -0.4 is 15.1 Å². The summed E-state index contributed by atoms with van der Waals surface area (Å²) in [6, 6.07) is 9.04. The van der Waals surface area contributed by atoms with Gasteiger partial charge in [-0.3, -0.25) is 14.8 Å². The van der Waals surface area contributed by atoms with Crippen molar-refractivity contribution in [2.24, 2.45) is 5.41 Å². The Morgan fingerprint density at radius 1 is 1.30 bits per heavy atom. The van der Waals surface area contributed by atoms with Gasteiger partial charge in [-0.25, -0.2) is 10.5 Å². The smallest absolute Gasteiger partial charge is 0.274 e. The van der Waals surface area contributed by atoms with E-state index in [4.69, 9.17) is 9.94 Å². The van der Waals surface area contributed by atoms with Crippen molar-refractivity contribution in [3.63, 3.8) is 0 Å². The van der Waals surface area contributed by atoms with Crippen LogP contribution in [0, 0.1) is 5.41 Å². The molecule has 27 heavy (non-hydrogen) atoms. The lowest BCUT2D eigenvalue weighted by Gasteiger charge is -2.33. The lowest BCUT2D eigenvalue weighted by Crippen LogP contribution is -2.39. The molecule has 1 atom stereocenters. The van der Waals surface area contributed by atoms with Gasteiger partial charge in [-0.1, -0.05) is 6.07 Å². The van der Waals surface area contributed by atoms with Gasteiger partial charge in [0.05, 0.1) is 12.5 Å². The number of nitrogens with one attached hydrogen (secondary N) is 1. The minimum atomic E-state index is -0.523. The maximum atomic E-state index is 13.3. The van der Waals surface area contributed by atoms with Crippen molar-refractivity contribution in [3.05, 3.63) is 53.2 Å². The summed E-state index contributed by atoms with van der Waals surface area (Å²) in [7, 11) is 1.55. The Morgan fingerprint density at radius 3 is 2.93 bits per heavy atom. The molecule has 2 aliphatic rings. The molecular formula is C20H21N3O4. The number of methoxy groups -OCH3 is 1. The Balaban J connectivity index is 1.61. The highest BCUT2D eigenvalue weighted by atomic mass is 16.5. The van der Waals surface area contributed by atoms with Gasteiger partial charge in [0.25, 0.3) is 5.91 Å². The van der Waals surface area contributed by atoms with Crippen LogP contribution in [0.2, 0.25) is 0 Å². The fourth-order valence-electron chi connectivity index (χ4n) is 4.26. The second-order valence-electron chi connectivity index (χ2n) is 7.12. The molecule has 0 unspecified atom stereocenters. The molecule has 1 aliphatic carbocycles. The highest BCUT2D eigenvalue weighted by Crippen LogP contribution is 2.46. The van der Waals surface area contributed by atoms with Gasteiger partial charge in [-0.2, -0.15) is 0 Å². The molecule has 4 rings (SSSR count). The van der Waals surface area contributed by atoms with Gasteiger partial charge in [-0.15, -0.1) is 0 Å². The van der Waals surface area contributed by atoms with Crippen LogP contribution in [-0.2, 0) is 17.6 Å². The third-order valence-corrected chi connectivity index (χ3v) is 5.72. The molecule has 2 amide bonds. The first-order chi connectivity index (χ1) is 13.1. The van der Waals surface area contributed by atoms with Crippen LogP contribution in [0.4, 0.5) is 5.69 Å². The van der Waals surface area contributed by atoms with Gasteiger partial charge in [0.15, 0.2) is 0 Å². The first-order valence-electron chi connectivity index (χ1n) is 8.95. The number of anilines is 1. The molecule has 140 valence electrons. The number of nitrogens with zero attached hydrogens (tertiary/aromatic N) is 2. The second kappa shape index (κ2) is 6.66. The molecule has 2 aromatic rings. The lowest BCUT2D eigenvalue weighted by molar-refractivity contribution is -0.126. The summed E-state index contributed by atoms with van der Waals surface area (Å²) in [5, 5.41) is 8.81. The Morgan fingerprint density at radius 2 is 2.15 bits per heavy atom. The van der Waals surface area contributed by atoms with E-state index in [2.05, 4.69) is 4.98 Å². The quantitative estimate of drug-likeness (QED) is 0.640. The van der Waals surface area contributed by atoms with Crippen molar-refractivity contribution in [1.29, 1.82) is 0 Å². The molecule has 7 nitrogen and oxygen atoms in total. The molecule has 0 bridgehead atoms. The Bertz CT molecular complexity index is 914. The highest BCUT2D eigenvalue weighted by Gasteiger charge is 2.49. The first-order valence-corrected chi connectivity index (χ1v) is 8.95. The third kappa shape index (κ3) is 2.84. The molecular weight excluding hydrogens is 346 g/mol. The van der Waals surface area contributed by atoms with Gasteiger partial charge in [0, 0.05) is 18.3 Å². The van der Waals surface area contributed by atoms with Gasteiger partial charge in [0.2, 0.25) is 11.8 Å². The maximum Gasteiger partial charge on any atom is 0.274 e. The van der Waals surface area contributed by atoms with E-state index in [1.165, 1.54) is 0 Å². The molecule has 1 aromatic heterocycles. The molecule has 2 heterocycles. The van der Waals surface area contributed by atoms with Crippen LogP contribution in [-0.4, -0.2) is 35.7 Å². The Hall–Kier alpha value is -2.93. The van der Waals surface area contributed by atoms with Crippen molar-refractivity contribution in [2.75, 3.05) is 18.6 Å². The number of hydrogen-bond donors (Lipinski definition) is 2. The molecule has 1 spiro atoms. The van der Waals surface area contributed by atoms with E-state index in [1.54, 1.807) is 41.9 Å². The predicted molar refractivity (Wildman–Crippen MR) is 97.9 cm³/mol. The molecule has 1 aliphatic heterocycles. The number of rotatable bonds is 3. The van der Waals surface area contributed by atoms with Crippen LogP contribution in [0.25, 0.3) is 0 Å². The molecule has 7 heteroatoms. The SMILES string of the molecule is COc1ncccc1N1CC[C@]2(CCc3cc(C(=O)NO)ccc3C2)C1=O. The summed E-state index contributed by atoms with van der Waals surface area (Å²) in [5.41, 5.74) is 4.52. The zero-order chi connectivity index (χ0) is 19.0. The van der Waals surface area contributed by atoms with Crippen LogP contribution in [0.15, 0.2) is 36.5 Å². The van der Waals surface area contributed by atoms with E-state index in [0.717, 1.165) is 30.4 Å². The fourth-order valence-corrected chi connectivity index (χ4v) is 4.26. The number of hydroxylamine groups is 1. The topological polar surface area (TPSA) is 91.8 Å². The van der Waals surface area contributed by atoms with Crippen LogP contribution in [0.5, 0.6) is 5.88 Å². The van der Waals surface area contributed by atoms with Crippen molar-refractivity contribution in [1.82, 2.24) is 10.5 Å². The number of aryl methyl sites for hydroxylation is 1. The standard InChI is InChI=1S/C20H21N3O4/c1-27-18-16(3-2-9-21-18)23-10-8-20(19(23)25)7-6-13-11-14(17(24)22-26)4-5-15(13)12-20/h2-5,9,11,26H,6-8,10,12H2,1H3,(H,22,24)/t20-/m0/s1. The fraction of sp³-hybridized carbons (Fsp3) is 0.350. The molecule has 0 radical (unpaired) electrons. The second-order valence-corrected chi connectivity index (χ2v) is 7.12. The molecule has 1 fully saturated rings. The first kappa shape index (κ1) is 17.5. The third-order valence-electron chi connectivity index (χ3n) is 5.72. The van der Waals surface area contributed by atoms with Crippen LogP contribution in [0.1, 0.15) is 34.3 Å². The zero-order valence-corrected chi connectivity index (χ0v) is 15.1. The van der Waals surface area contributed by atoms with Crippen LogP contribution >= 0.6 is 0 Å². The van der Waals surface area contributed by atoms with Gasteiger partial charge < -0.3 is 9.64 Å². The van der Waals surface area contributed by atoms with E-state index in [0.29, 0.717) is 30.1 Å². The summed E-state index contributed by atoms with van der Waals surface area (Å²) in [4.78, 5) is 30.9. The minimum Gasteiger partial charge on any atom is -0.480 e. The number of benzene rings is 1. The van der Waals surface area contributed by atoms with Crippen molar-refractivity contribution in [2.45, 2.75) is 25.7 Å². The number of aromatic nitrogens is 1. The minimum absolute atomic E-state index is 0.108. The lowest BCUT2D eigenvalue weighted by atomic mass is 9.70. The van der Waals surface area contributed by atoms with Gasteiger partial charge in [-0.05, 0) is 61.1 Å². The van der Waals surface area contributed by atoms with E-state index in [1.807, 2.05) is 12.1 Å². The number of ether oxygens (including phenoxy) is 1. The van der Waals surface area contributed by atoms with E-state index >= 15 is 0 Å². The number of carbonyl (C=O) groups is 2. The van der Waals surface area contributed by atoms with E-state index in [9.17, 15) is 9.59 Å². The predicted octanol–water partition coefficient (Wildman–Crippen LogP) is 2.12. The molecule has 2 N–H and O–H groups in total. The molecule has 1 aromatic carbocycles. The molecule has 1 saturated heterocycles. The summed E-state index contributed by atoms with van der Waals surface area (Å²) >= 11 is 0. The zero-order valence-electron chi connectivity index (χ0n) is 15.1. The highest BCUT2D eigenvalue weighted by molar-refractivity contribution is 6.01. The average molecular weight is 367 g/mol. The summed E-state index contributed by atoms with van der Waals surface area (Å²) < 4.78 is 5.32. The van der Waals surface area contributed by atoms with Crippen molar-refractivity contribution < 1.29 is 19.5 Å². The average Bonchev–Trinajstić information content (AvgIpc) is 3.02.